The molecule has 2 aromatic carbocycles. The first-order valence-corrected chi connectivity index (χ1v) is 16.0. The number of amides is 3. The quantitative estimate of drug-likeness (QED) is 0.317. The molecule has 10 nitrogen and oxygen atoms in total. The molecule has 0 spiro atoms. The van der Waals surface area contributed by atoms with Gasteiger partial charge in [0.15, 0.2) is 6.61 Å². The van der Waals surface area contributed by atoms with Gasteiger partial charge in [0.05, 0.1) is 16.9 Å². The minimum Gasteiger partial charge on any atom is -0.483 e. The maximum atomic E-state index is 13.4. The number of ether oxygens (including phenoxy) is 1. The molecule has 222 valence electrons. The van der Waals surface area contributed by atoms with E-state index in [4.69, 9.17) is 4.74 Å². The third-order valence-electron chi connectivity index (χ3n) is 8.90. The van der Waals surface area contributed by atoms with Crippen LogP contribution >= 0.6 is 39.0 Å². The normalized spacial score (nSPS) is 28.4. The van der Waals surface area contributed by atoms with Crippen LogP contribution in [0.15, 0.2) is 56.8 Å². The minimum atomic E-state index is -1.24. The number of nitrogens with zero attached hydrogens (tertiary/aromatic N) is 1. The van der Waals surface area contributed by atoms with Crippen molar-refractivity contribution in [3.63, 3.8) is 0 Å². The number of carbonyl (C=O) groups is 4. The average Bonchev–Trinajstić information content (AvgIpc) is 3.69. The fraction of sp³-hybridized carbons (Fsp3) is 0.345. The lowest BCUT2D eigenvalue weighted by Crippen LogP contribution is -2.42. The van der Waals surface area contributed by atoms with Crippen LogP contribution < -0.4 is 14.9 Å². The number of carboxylic acids is 1. The Morgan fingerprint density at radius 1 is 1.09 bits per heavy atom. The molecule has 1 saturated heterocycles. The summed E-state index contributed by atoms with van der Waals surface area (Å²) < 4.78 is 20.1. The van der Waals surface area contributed by atoms with Crippen LogP contribution in [-0.2, 0) is 19.2 Å². The van der Waals surface area contributed by atoms with Crippen molar-refractivity contribution in [2.24, 2.45) is 29.6 Å². The Balaban J connectivity index is 1.23. The molecule has 7 rings (SSSR count). The summed E-state index contributed by atoms with van der Waals surface area (Å²) in [6.07, 6.45) is 0.649. The summed E-state index contributed by atoms with van der Waals surface area (Å²) in [5.74, 6) is -4.60. The molecule has 2 saturated carbocycles. The van der Waals surface area contributed by atoms with Crippen molar-refractivity contribution in [2.45, 2.75) is 22.6 Å². The number of fused-ring (bicyclic) bond motifs is 9. The summed E-state index contributed by atoms with van der Waals surface area (Å²) in [6.45, 7) is -0.980. The summed E-state index contributed by atoms with van der Waals surface area (Å²) in [5.41, 5.74) is 1.16. The van der Waals surface area contributed by atoms with Gasteiger partial charge >= 0.3 is 10.8 Å². The van der Waals surface area contributed by atoms with Crippen molar-refractivity contribution < 1.29 is 33.4 Å². The molecule has 4 aliphatic rings. The smallest absolute Gasteiger partial charge is 0.323 e. The Bertz CT molecular complexity index is 1740. The number of carbonyl (C=O) groups excluding carboxylic acids is 3. The zero-order valence-electron chi connectivity index (χ0n) is 22.1. The number of hydrogen-bond acceptors (Lipinski definition) is 8. The fourth-order valence-electron chi connectivity index (χ4n) is 7.49. The summed E-state index contributed by atoms with van der Waals surface area (Å²) in [5, 5.41) is 12.6. The Kier molecular flexibility index (Phi) is 6.97. The van der Waals surface area contributed by atoms with Gasteiger partial charge in [-0.15, -0.1) is 11.8 Å². The number of rotatable bonds is 7. The molecule has 2 aliphatic heterocycles. The van der Waals surface area contributed by atoms with Crippen molar-refractivity contribution >= 4 is 68.4 Å². The Labute approximate surface area is 260 Å². The van der Waals surface area contributed by atoms with Crippen LogP contribution in [0.25, 0.3) is 0 Å². The molecule has 3 amide bonds. The lowest BCUT2D eigenvalue weighted by atomic mass is 9.68. The predicted octanol–water partition coefficient (Wildman–Crippen LogP) is 3.91. The van der Waals surface area contributed by atoms with E-state index in [0.717, 1.165) is 31.2 Å². The molecule has 3 aromatic rings. The number of anilines is 1. The van der Waals surface area contributed by atoms with Crippen LogP contribution in [0.5, 0.6) is 5.75 Å². The molecular formula is C29H23BrFN3O7S2. The molecule has 3 heterocycles. The van der Waals surface area contributed by atoms with E-state index in [9.17, 15) is 33.5 Å². The van der Waals surface area contributed by atoms with Crippen LogP contribution in [0.3, 0.4) is 0 Å². The number of benzene rings is 2. The topological polar surface area (TPSA) is 146 Å². The molecular weight excluding hydrogens is 665 g/mol. The number of thiazole rings is 1. The van der Waals surface area contributed by atoms with E-state index in [0.29, 0.717) is 22.9 Å². The van der Waals surface area contributed by atoms with Gasteiger partial charge in [-0.3, -0.25) is 28.9 Å². The second kappa shape index (κ2) is 10.6. The number of aromatic amines is 1. The number of nitrogens with one attached hydrogen (secondary N) is 2. The monoisotopic (exact) mass is 687 g/mol. The Morgan fingerprint density at radius 2 is 1.81 bits per heavy atom. The number of H-pyrrole nitrogens is 1. The Hall–Kier alpha value is -3.49. The highest BCUT2D eigenvalue weighted by Gasteiger charge is 2.69. The first-order chi connectivity index (χ1) is 20.6. The lowest BCUT2D eigenvalue weighted by molar-refractivity contribution is -0.149. The maximum absolute atomic E-state index is 13.4. The van der Waals surface area contributed by atoms with Crippen molar-refractivity contribution in [1.82, 2.24) is 9.88 Å². The zero-order valence-corrected chi connectivity index (χ0v) is 25.3. The highest BCUT2D eigenvalue weighted by molar-refractivity contribution is 9.10. The summed E-state index contributed by atoms with van der Waals surface area (Å²) in [4.78, 5) is 67.9. The van der Waals surface area contributed by atoms with Crippen LogP contribution in [0.2, 0.25) is 0 Å². The van der Waals surface area contributed by atoms with Crippen molar-refractivity contribution in [2.75, 3.05) is 18.5 Å². The Morgan fingerprint density at radius 3 is 2.53 bits per heavy atom. The van der Waals surface area contributed by atoms with Crippen molar-refractivity contribution in [1.29, 1.82) is 0 Å². The van der Waals surface area contributed by atoms with Gasteiger partial charge in [0, 0.05) is 31.8 Å². The maximum Gasteiger partial charge on any atom is 0.323 e. The van der Waals surface area contributed by atoms with Gasteiger partial charge < -0.3 is 20.1 Å². The van der Waals surface area contributed by atoms with Crippen molar-refractivity contribution in [3.05, 3.63) is 72.9 Å². The van der Waals surface area contributed by atoms with Gasteiger partial charge in [-0.25, -0.2) is 4.39 Å². The summed E-state index contributed by atoms with van der Waals surface area (Å²) in [7, 11) is 0. The van der Waals surface area contributed by atoms with E-state index in [1.807, 2.05) is 6.07 Å². The number of aliphatic carboxylic acids is 1. The van der Waals surface area contributed by atoms with E-state index < -0.39 is 47.9 Å². The fourth-order valence-corrected chi connectivity index (χ4v) is 10.7. The molecule has 2 aliphatic carbocycles. The molecule has 6 unspecified atom stereocenters. The second-order valence-corrected chi connectivity index (χ2v) is 14.3. The first kappa shape index (κ1) is 28.3. The van der Waals surface area contributed by atoms with Crippen LogP contribution in [0, 0.1) is 35.4 Å². The number of hydrogen-bond donors (Lipinski definition) is 3. The molecule has 3 fully saturated rings. The number of aromatic nitrogens is 1. The summed E-state index contributed by atoms with van der Waals surface area (Å²) in [6, 6.07) is 10.8. The van der Waals surface area contributed by atoms with Crippen LogP contribution in [-0.4, -0.2) is 57.1 Å². The molecule has 3 N–H and O–H groups in total. The number of likely N-dealkylation sites (tertiary alicyclic amines) is 1. The van der Waals surface area contributed by atoms with Gasteiger partial charge in [0.2, 0.25) is 11.8 Å². The van der Waals surface area contributed by atoms with Gasteiger partial charge in [-0.05, 0) is 66.6 Å². The molecule has 14 heteroatoms. The standard InChI is InChI=1S/C29H23BrFN3O7S2/c30-11-1-6-17(41-10-18(35)32-13-4-2-12(31)3-5-13)14(7-11)20-21-15-8-16(24(21)42-26-25(20)43-29(40)33-26)23-22(15)27(38)34(28(23)39)9-19(36)37/h1-7,15-16,20-24H,8-10H2,(H,32,35)(H,33,40)(H,36,37)/t15?,16?,20-,21?,22?,23?,24?/m1/s1. The highest BCUT2D eigenvalue weighted by atomic mass is 79.9. The molecule has 7 atom stereocenters. The number of imide groups is 1. The van der Waals surface area contributed by atoms with E-state index in [2.05, 4.69) is 26.2 Å². The van der Waals surface area contributed by atoms with E-state index in [1.54, 1.807) is 12.1 Å². The van der Waals surface area contributed by atoms with Gasteiger partial charge in [-0.2, -0.15) is 0 Å². The van der Waals surface area contributed by atoms with Gasteiger partial charge in [0.1, 0.15) is 18.1 Å². The van der Waals surface area contributed by atoms with Crippen LogP contribution in [0.1, 0.15) is 22.8 Å². The molecule has 1 aromatic heterocycles. The SMILES string of the molecule is O=C(O)CN1C(=O)C2C3CC(C2C1=O)C1C3Sc2[nH]c(=O)sc2[C@@H]1c1cc(Br)ccc1OCC(=O)Nc1ccc(F)cc1. The summed E-state index contributed by atoms with van der Waals surface area (Å²) >= 11 is 6.16. The average molecular weight is 689 g/mol. The molecule has 2 bridgehead atoms. The van der Waals surface area contributed by atoms with Gasteiger partial charge in [0.25, 0.3) is 5.91 Å². The number of halogens is 2. The second-order valence-electron chi connectivity index (χ2n) is 11.1. The highest BCUT2D eigenvalue weighted by Crippen LogP contribution is 2.69. The number of thioether (sulfide) groups is 1. The third-order valence-corrected chi connectivity index (χ3v) is 12.0. The third kappa shape index (κ3) is 4.70. The molecule has 0 radical (unpaired) electrons. The van der Waals surface area contributed by atoms with Crippen molar-refractivity contribution in [3.8, 4) is 5.75 Å². The lowest BCUT2D eigenvalue weighted by Gasteiger charge is -2.43. The van der Waals surface area contributed by atoms with E-state index in [-0.39, 0.29) is 40.4 Å². The van der Waals surface area contributed by atoms with Gasteiger partial charge in [-0.1, -0.05) is 27.3 Å². The largest absolute Gasteiger partial charge is 0.483 e. The zero-order chi connectivity index (χ0) is 30.2. The van der Waals surface area contributed by atoms with E-state index >= 15 is 0 Å². The van der Waals surface area contributed by atoms with E-state index in [1.165, 1.54) is 36.0 Å². The van der Waals surface area contributed by atoms with Crippen LogP contribution in [0.4, 0.5) is 10.1 Å². The first-order valence-electron chi connectivity index (χ1n) is 13.5. The predicted molar refractivity (Wildman–Crippen MR) is 158 cm³/mol. The molecule has 43 heavy (non-hydrogen) atoms. The number of carboxylic acid groups (broad SMARTS) is 1. The minimum absolute atomic E-state index is 0.0934.